The summed E-state index contributed by atoms with van der Waals surface area (Å²) >= 11 is 3.49. The Morgan fingerprint density at radius 3 is 3.00 bits per heavy atom. The Labute approximate surface area is 92.1 Å². The molecule has 2 heterocycles. The molecule has 0 aromatic carbocycles. The van der Waals surface area contributed by atoms with Crippen molar-refractivity contribution in [2.45, 2.75) is 0 Å². The van der Waals surface area contributed by atoms with E-state index in [9.17, 15) is 0 Å². The maximum absolute atomic E-state index is 5.27. The number of hydrogen-bond donors (Lipinski definition) is 0. The SMILES string of the molecule is COc1ccsc1-c1nnc(I)o1. The van der Waals surface area contributed by atoms with Crippen LogP contribution in [0.4, 0.5) is 0 Å². The summed E-state index contributed by atoms with van der Waals surface area (Å²) in [6.45, 7) is 0. The predicted molar refractivity (Wildman–Crippen MR) is 56.9 cm³/mol. The van der Waals surface area contributed by atoms with Crippen molar-refractivity contribution in [3.05, 3.63) is 15.3 Å². The van der Waals surface area contributed by atoms with E-state index in [4.69, 9.17) is 9.15 Å². The molecule has 68 valence electrons. The molecule has 0 radical (unpaired) electrons. The van der Waals surface area contributed by atoms with Crippen LogP contribution in [-0.2, 0) is 0 Å². The van der Waals surface area contributed by atoms with Gasteiger partial charge in [-0.05, 0) is 11.4 Å². The normalized spacial score (nSPS) is 10.3. The van der Waals surface area contributed by atoms with Gasteiger partial charge in [-0.1, -0.05) is 0 Å². The van der Waals surface area contributed by atoms with Crippen LogP contribution < -0.4 is 4.74 Å². The molecule has 13 heavy (non-hydrogen) atoms. The smallest absolute Gasteiger partial charge is 0.278 e. The third-order valence-electron chi connectivity index (χ3n) is 1.44. The number of nitrogens with zero attached hydrogens (tertiary/aromatic N) is 2. The second kappa shape index (κ2) is 3.62. The maximum atomic E-state index is 5.27. The van der Waals surface area contributed by atoms with E-state index in [0.717, 1.165) is 10.6 Å². The molecule has 0 aliphatic carbocycles. The Hall–Kier alpha value is -0.630. The second-order valence-corrected chi connectivity index (χ2v) is 4.02. The van der Waals surface area contributed by atoms with Gasteiger partial charge in [0.05, 0.1) is 7.11 Å². The fourth-order valence-electron chi connectivity index (χ4n) is 0.911. The van der Waals surface area contributed by atoms with E-state index in [1.807, 2.05) is 34.0 Å². The van der Waals surface area contributed by atoms with Crippen molar-refractivity contribution >= 4 is 33.9 Å². The van der Waals surface area contributed by atoms with Gasteiger partial charge in [-0.15, -0.1) is 21.5 Å². The van der Waals surface area contributed by atoms with Gasteiger partial charge in [0.2, 0.25) is 0 Å². The van der Waals surface area contributed by atoms with E-state index in [0.29, 0.717) is 9.79 Å². The van der Waals surface area contributed by atoms with Crippen molar-refractivity contribution in [2.75, 3.05) is 7.11 Å². The van der Waals surface area contributed by atoms with Crippen LogP contribution in [0.25, 0.3) is 10.8 Å². The van der Waals surface area contributed by atoms with Crippen molar-refractivity contribution in [1.82, 2.24) is 10.2 Å². The highest BCUT2D eigenvalue weighted by molar-refractivity contribution is 14.1. The van der Waals surface area contributed by atoms with E-state index in [1.165, 1.54) is 11.3 Å². The average Bonchev–Trinajstić information content (AvgIpc) is 2.71. The highest BCUT2D eigenvalue weighted by atomic mass is 127. The minimum Gasteiger partial charge on any atom is -0.495 e. The van der Waals surface area contributed by atoms with Gasteiger partial charge >= 0.3 is 0 Å². The fraction of sp³-hybridized carbons (Fsp3) is 0.143. The van der Waals surface area contributed by atoms with Gasteiger partial charge in [0.15, 0.2) is 0 Å². The average molecular weight is 308 g/mol. The van der Waals surface area contributed by atoms with Gasteiger partial charge < -0.3 is 9.15 Å². The summed E-state index contributed by atoms with van der Waals surface area (Å²) in [6.07, 6.45) is 0. The molecule has 4 nitrogen and oxygen atoms in total. The van der Waals surface area contributed by atoms with Crippen LogP contribution in [0.2, 0.25) is 0 Å². The molecule has 0 saturated heterocycles. The Kier molecular flexibility index (Phi) is 2.49. The van der Waals surface area contributed by atoms with Gasteiger partial charge in [0.1, 0.15) is 10.6 Å². The minimum absolute atomic E-state index is 0.510. The first kappa shape index (κ1) is 8.95. The summed E-state index contributed by atoms with van der Waals surface area (Å²) in [4.78, 5) is 0.873. The van der Waals surface area contributed by atoms with Gasteiger partial charge in [0.25, 0.3) is 9.79 Å². The second-order valence-electron chi connectivity index (χ2n) is 2.18. The molecular formula is C7H5IN2O2S. The third-order valence-corrected chi connectivity index (χ3v) is 2.76. The first-order valence-electron chi connectivity index (χ1n) is 3.42. The Balaban J connectivity index is 2.45. The zero-order chi connectivity index (χ0) is 9.26. The van der Waals surface area contributed by atoms with Gasteiger partial charge in [-0.25, -0.2) is 0 Å². The molecule has 2 rings (SSSR count). The number of aromatic nitrogens is 2. The van der Waals surface area contributed by atoms with Crippen LogP contribution in [0.15, 0.2) is 15.9 Å². The molecule has 0 spiro atoms. The zero-order valence-electron chi connectivity index (χ0n) is 6.65. The summed E-state index contributed by atoms with van der Waals surface area (Å²) < 4.78 is 10.9. The number of methoxy groups -OCH3 is 1. The molecule has 6 heteroatoms. The number of hydrogen-bond acceptors (Lipinski definition) is 5. The highest BCUT2D eigenvalue weighted by Crippen LogP contribution is 2.34. The number of thiophene rings is 1. The van der Waals surface area contributed by atoms with Crippen LogP contribution in [-0.4, -0.2) is 17.3 Å². The standard InChI is InChI=1S/C7H5IN2O2S/c1-11-4-2-3-13-5(4)6-9-10-7(8)12-6/h2-3H,1H3. The molecule has 0 bridgehead atoms. The minimum atomic E-state index is 0.510. The summed E-state index contributed by atoms with van der Waals surface area (Å²) in [6, 6.07) is 1.87. The van der Waals surface area contributed by atoms with Crippen LogP contribution in [0.1, 0.15) is 0 Å². The Morgan fingerprint density at radius 1 is 1.54 bits per heavy atom. The molecule has 0 unspecified atom stereocenters. The topological polar surface area (TPSA) is 48.2 Å². The Bertz CT molecular complexity index is 412. The molecular weight excluding hydrogens is 303 g/mol. The molecule has 0 aliphatic rings. The quantitative estimate of drug-likeness (QED) is 0.800. The summed E-state index contributed by atoms with van der Waals surface area (Å²) in [5.74, 6) is 1.28. The molecule has 0 amide bonds. The first-order chi connectivity index (χ1) is 6.31. The van der Waals surface area contributed by atoms with Crippen molar-refractivity contribution in [1.29, 1.82) is 0 Å². The zero-order valence-corrected chi connectivity index (χ0v) is 9.63. The number of rotatable bonds is 2. The fourth-order valence-corrected chi connectivity index (χ4v) is 2.01. The van der Waals surface area contributed by atoms with Gasteiger partial charge in [-0.3, -0.25) is 0 Å². The Morgan fingerprint density at radius 2 is 2.38 bits per heavy atom. The third kappa shape index (κ3) is 1.68. The summed E-state index contributed by atoms with van der Waals surface area (Å²) in [5, 5.41) is 9.56. The lowest BCUT2D eigenvalue weighted by atomic mass is 10.4. The molecule has 2 aromatic rings. The van der Waals surface area contributed by atoms with Crippen LogP contribution >= 0.6 is 33.9 Å². The van der Waals surface area contributed by atoms with Crippen LogP contribution in [0, 0.1) is 3.90 Å². The van der Waals surface area contributed by atoms with E-state index in [2.05, 4.69) is 10.2 Å². The number of ether oxygens (including phenoxy) is 1. The van der Waals surface area contributed by atoms with Crippen molar-refractivity contribution in [2.24, 2.45) is 0 Å². The molecule has 0 atom stereocenters. The lowest BCUT2D eigenvalue weighted by Crippen LogP contribution is -1.82. The van der Waals surface area contributed by atoms with E-state index in [1.54, 1.807) is 7.11 Å². The van der Waals surface area contributed by atoms with Crippen LogP contribution in [0.5, 0.6) is 5.75 Å². The number of halogens is 1. The van der Waals surface area contributed by atoms with Crippen molar-refractivity contribution < 1.29 is 9.15 Å². The maximum Gasteiger partial charge on any atom is 0.278 e. The van der Waals surface area contributed by atoms with Crippen molar-refractivity contribution in [3.8, 4) is 16.5 Å². The van der Waals surface area contributed by atoms with Gasteiger partial charge in [-0.2, -0.15) is 0 Å². The van der Waals surface area contributed by atoms with Crippen molar-refractivity contribution in [3.63, 3.8) is 0 Å². The molecule has 2 aromatic heterocycles. The molecule has 0 fully saturated rings. The predicted octanol–water partition coefficient (Wildman–Crippen LogP) is 2.41. The molecule has 0 N–H and O–H groups in total. The van der Waals surface area contributed by atoms with Crippen LogP contribution in [0.3, 0.4) is 0 Å². The highest BCUT2D eigenvalue weighted by Gasteiger charge is 2.13. The molecule has 0 saturated carbocycles. The lowest BCUT2D eigenvalue weighted by Gasteiger charge is -1.95. The van der Waals surface area contributed by atoms with Gasteiger partial charge in [0, 0.05) is 22.6 Å². The first-order valence-corrected chi connectivity index (χ1v) is 5.38. The van der Waals surface area contributed by atoms with E-state index < -0.39 is 0 Å². The summed E-state index contributed by atoms with van der Waals surface area (Å²) in [5.41, 5.74) is 0. The van der Waals surface area contributed by atoms with E-state index >= 15 is 0 Å². The monoisotopic (exact) mass is 308 g/mol. The largest absolute Gasteiger partial charge is 0.495 e. The molecule has 0 aliphatic heterocycles. The van der Waals surface area contributed by atoms with E-state index in [-0.39, 0.29) is 0 Å². The summed E-state index contributed by atoms with van der Waals surface area (Å²) in [7, 11) is 1.62. The lowest BCUT2D eigenvalue weighted by molar-refractivity contribution is 0.416.